The van der Waals surface area contributed by atoms with Gasteiger partial charge in [-0.15, -0.1) is 12.6 Å². The van der Waals surface area contributed by atoms with Gasteiger partial charge >= 0.3 is 0 Å². The van der Waals surface area contributed by atoms with Crippen molar-refractivity contribution < 1.29 is 13.6 Å². The van der Waals surface area contributed by atoms with Gasteiger partial charge in [0, 0.05) is 23.4 Å². The molecule has 3 nitrogen and oxygen atoms in total. The van der Waals surface area contributed by atoms with Crippen molar-refractivity contribution in [3.05, 3.63) is 53.7 Å². The van der Waals surface area contributed by atoms with Crippen LogP contribution in [0.15, 0.2) is 45.9 Å². The number of hydrogen-bond donors (Lipinski definition) is 2. The minimum atomic E-state index is -0.439. The molecule has 0 saturated carbocycles. The van der Waals surface area contributed by atoms with Gasteiger partial charge in [-0.2, -0.15) is 0 Å². The maximum atomic E-state index is 13.0. The van der Waals surface area contributed by atoms with Crippen LogP contribution >= 0.6 is 12.6 Å². The Bertz CT molecular complexity index is 540. The highest BCUT2D eigenvalue weighted by molar-refractivity contribution is 7.80. The summed E-state index contributed by atoms with van der Waals surface area (Å²) in [6, 6.07) is 7.70. The first kappa shape index (κ1) is 12.7. The van der Waals surface area contributed by atoms with Crippen molar-refractivity contribution >= 4 is 18.5 Å². The molecule has 0 unspecified atom stereocenters. The summed E-state index contributed by atoms with van der Waals surface area (Å²) in [6.07, 6.45) is 2.21. The van der Waals surface area contributed by atoms with Crippen molar-refractivity contribution in [1.82, 2.24) is 5.32 Å². The van der Waals surface area contributed by atoms with Crippen LogP contribution in [0.3, 0.4) is 0 Å². The summed E-state index contributed by atoms with van der Waals surface area (Å²) in [5, 5.41) is 2.73. The quantitative estimate of drug-likeness (QED) is 0.835. The van der Waals surface area contributed by atoms with Crippen LogP contribution in [0.5, 0.6) is 0 Å². The fraction of sp³-hybridized carbons (Fsp3) is 0.154. The standard InChI is InChI=1S/C13H12FNO2S/c14-11-4-3-9(8-12(11)18)13(16)15-6-5-10-2-1-7-17-10/h1-4,7-8,18H,5-6H2,(H,15,16). The van der Waals surface area contributed by atoms with E-state index in [0.29, 0.717) is 18.5 Å². The number of halogens is 1. The van der Waals surface area contributed by atoms with Gasteiger partial charge in [-0.25, -0.2) is 4.39 Å². The molecule has 0 aliphatic carbocycles. The van der Waals surface area contributed by atoms with Crippen molar-refractivity contribution in [3.63, 3.8) is 0 Å². The lowest BCUT2D eigenvalue weighted by Gasteiger charge is -2.05. The van der Waals surface area contributed by atoms with E-state index in [0.717, 1.165) is 5.76 Å². The van der Waals surface area contributed by atoms with Gasteiger partial charge in [0.05, 0.1) is 6.26 Å². The number of amides is 1. The molecule has 94 valence electrons. The van der Waals surface area contributed by atoms with Crippen LogP contribution < -0.4 is 5.32 Å². The molecule has 1 N–H and O–H groups in total. The smallest absolute Gasteiger partial charge is 0.251 e. The van der Waals surface area contributed by atoms with Gasteiger partial charge in [-0.05, 0) is 30.3 Å². The van der Waals surface area contributed by atoms with Gasteiger partial charge in [-0.3, -0.25) is 4.79 Å². The van der Waals surface area contributed by atoms with E-state index in [1.807, 2.05) is 6.07 Å². The van der Waals surface area contributed by atoms with Crippen LogP contribution in [0.1, 0.15) is 16.1 Å². The second-order valence-electron chi connectivity index (χ2n) is 3.75. The molecular weight excluding hydrogens is 253 g/mol. The molecule has 18 heavy (non-hydrogen) atoms. The Labute approximate surface area is 109 Å². The van der Waals surface area contributed by atoms with Gasteiger partial charge in [-0.1, -0.05) is 0 Å². The molecule has 0 spiro atoms. The van der Waals surface area contributed by atoms with Crippen molar-refractivity contribution in [3.8, 4) is 0 Å². The lowest BCUT2D eigenvalue weighted by Crippen LogP contribution is -2.25. The van der Waals surface area contributed by atoms with Crippen LogP contribution in [0.4, 0.5) is 4.39 Å². The molecule has 1 amide bonds. The summed E-state index contributed by atoms with van der Waals surface area (Å²) >= 11 is 3.93. The van der Waals surface area contributed by atoms with E-state index in [9.17, 15) is 9.18 Å². The average molecular weight is 265 g/mol. The predicted molar refractivity (Wildman–Crippen MR) is 68.4 cm³/mol. The third-order valence-corrected chi connectivity index (χ3v) is 2.79. The van der Waals surface area contributed by atoms with E-state index in [1.54, 1.807) is 12.3 Å². The maximum absolute atomic E-state index is 13.0. The summed E-state index contributed by atoms with van der Waals surface area (Å²) in [5.74, 6) is 0.117. The lowest BCUT2D eigenvalue weighted by atomic mass is 10.2. The molecule has 2 aromatic rings. The SMILES string of the molecule is O=C(NCCc1ccco1)c1ccc(F)c(S)c1. The molecule has 5 heteroatoms. The minimum Gasteiger partial charge on any atom is -0.469 e. The highest BCUT2D eigenvalue weighted by atomic mass is 32.1. The molecular formula is C13H12FNO2S. The number of nitrogens with one attached hydrogen (secondary N) is 1. The average Bonchev–Trinajstić information content (AvgIpc) is 2.85. The topological polar surface area (TPSA) is 42.2 Å². The van der Waals surface area contributed by atoms with E-state index in [1.165, 1.54) is 18.2 Å². The first-order valence-corrected chi connectivity index (χ1v) is 5.90. The summed E-state index contributed by atoms with van der Waals surface area (Å²) < 4.78 is 18.1. The first-order chi connectivity index (χ1) is 8.66. The number of thiol groups is 1. The number of carbonyl (C=O) groups is 1. The van der Waals surface area contributed by atoms with Gasteiger partial charge in [0.25, 0.3) is 5.91 Å². The molecule has 0 radical (unpaired) electrons. The van der Waals surface area contributed by atoms with E-state index >= 15 is 0 Å². The number of carbonyl (C=O) groups excluding carboxylic acids is 1. The van der Waals surface area contributed by atoms with Crippen LogP contribution in [-0.4, -0.2) is 12.5 Å². The molecule has 0 bridgehead atoms. The molecule has 1 heterocycles. The predicted octanol–water partition coefficient (Wildman–Crippen LogP) is 2.68. The minimum absolute atomic E-state index is 0.161. The van der Waals surface area contributed by atoms with Gasteiger partial charge in [0.2, 0.25) is 0 Å². The monoisotopic (exact) mass is 265 g/mol. The van der Waals surface area contributed by atoms with Gasteiger partial charge < -0.3 is 9.73 Å². The lowest BCUT2D eigenvalue weighted by molar-refractivity contribution is 0.0953. The maximum Gasteiger partial charge on any atom is 0.251 e. The highest BCUT2D eigenvalue weighted by Crippen LogP contribution is 2.14. The van der Waals surface area contributed by atoms with Crippen molar-refractivity contribution in [2.45, 2.75) is 11.3 Å². The molecule has 0 saturated heterocycles. The second kappa shape index (κ2) is 5.73. The Morgan fingerprint density at radius 3 is 2.89 bits per heavy atom. The summed E-state index contributed by atoms with van der Waals surface area (Å²) in [4.78, 5) is 11.9. The van der Waals surface area contributed by atoms with Gasteiger partial charge in [0.15, 0.2) is 0 Å². The summed E-state index contributed by atoms with van der Waals surface area (Å²) in [5.41, 5.74) is 0.390. The number of rotatable bonds is 4. The zero-order chi connectivity index (χ0) is 13.0. The third-order valence-electron chi connectivity index (χ3n) is 2.45. The molecule has 0 atom stereocenters. The Balaban J connectivity index is 1.89. The molecule has 0 aliphatic heterocycles. The Morgan fingerprint density at radius 2 is 2.22 bits per heavy atom. The molecule has 2 rings (SSSR count). The summed E-state index contributed by atoms with van der Waals surface area (Å²) in [7, 11) is 0. The Morgan fingerprint density at radius 1 is 1.39 bits per heavy atom. The summed E-state index contributed by atoms with van der Waals surface area (Å²) in [6.45, 7) is 0.464. The molecule has 0 aliphatic rings. The largest absolute Gasteiger partial charge is 0.469 e. The molecule has 1 aromatic carbocycles. The van der Waals surface area contributed by atoms with Crippen LogP contribution in [-0.2, 0) is 6.42 Å². The normalized spacial score (nSPS) is 10.3. The number of hydrogen-bond acceptors (Lipinski definition) is 3. The fourth-order valence-electron chi connectivity index (χ4n) is 1.51. The zero-order valence-corrected chi connectivity index (χ0v) is 10.4. The number of benzene rings is 1. The van der Waals surface area contributed by atoms with Crippen LogP contribution in [0.2, 0.25) is 0 Å². The number of furan rings is 1. The van der Waals surface area contributed by atoms with E-state index in [4.69, 9.17) is 4.42 Å². The van der Waals surface area contributed by atoms with Crippen molar-refractivity contribution in [2.24, 2.45) is 0 Å². The van der Waals surface area contributed by atoms with E-state index in [2.05, 4.69) is 17.9 Å². The fourth-order valence-corrected chi connectivity index (χ4v) is 1.72. The van der Waals surface area contributed by atoms with Crippen molar-refractivity contribution in [2.75, 3.05) is 6.54 Å². The third kappa shape index (κ3) is 3.13. The first-order valence-electron chi connectivity index (χ1n) is 5.46. The highest BCUT2D eigenvalue weighted by Gasteiger charge is 2.07. The molecule has 0 fully saturated rings. The molecule has 1 aromatic heterocycles. The van der Waals surface area contributed by atoms with Crippen molar-refractivity contribution in [1.29, 1.82) is 0 Å². The van der Waals surface area contributed by atoms with Crippen LogP contribution in [0, 0.1) is 5.82 Å². The van der Waals surface area contributed by atoms with E-state index < -0.39 is 5.82 Å². The van der Waals surface area contributed by atoms with Gasteiger partial charge in [0.1, 0.15) is 11.6 Å². The zero-order valence-electron chi connectivity index (χ0n) is 9.52. The van der Waals surface area contributed by atoms with E-state index in [-0.39, 0.29) is 10.8 Å². The second-order valence-corrected chi connectivity index (χ2v) is 4.23. The van der Waals surface area contributed by atoms with Crippen LogP contribution in [0.25, 0.3) is 0 Å². The Kier molecular flexibility index (Phi) is 4.04. The Hall–Kier alpha value is -1.75.